The quantitative estimate of drug-likeness (QED) is 0.442. The minimum absolute atomic E-state index is 0.0480. The molecule has 1 aliphatic carbocycles. The van der Waals surface area contributed by atoms with E-state index in [-0.39, 0.29) is 11.6 Å². The molecule has 0 unspecified atom stereocenters. The maximum atomic E-state index is 12.9. The fourth-order valence-corrected chi connectivity index (χ4v) is 3.55. The second kappa shape index (κ2) is 8.91. The smallest absolute Gasteiger partial charge is 0.331 e. The highest BCUT2D eigenvalue weighted by Gasteiger charge is 2.40. The molecule has 7 heteroatoms. The summed E-state index contributed by atoms with van der Waals surface area (Å²) in [6, 6.07) is 4.45. The average molecular weight is 386 g/mol. The van der Waals surface area contributed by atoms with Gasteiger partial charge < -0.3 is 9.47 Å². The van der Waals surface area contributed by atoms with E-state index in [4.69, 9.17) is 9.47 Å². The van der Waals surface area contributed by atoms with Crippen LogP contribution in [0.5, 0.6) is 11.5 Å². The third-order valence-electron chi connectivity index (χ3n) is 5.08. The number of barbiturate groups is 1. The minimum Gasteiger partial charge on any atom is -0.493 e. The Labute approximate surface area is 164 Å². The molecule has 7 nitrogen and oxygen atoms in total. The van der Waals surface area contributed by atoms with Gasteiger partial charge in [0.05, 0.1) is 13.7 Å². The van der Waals surface area contributed by atoms with Gasteiger partial charge in [0.25, 0.3) is 11.8 Å². The summed E-state index contributed by atoms with van der Waals surface area (Å²) in [7, 11) is 1.54. The molecular weight excluding hydrogens is 360 g/mol. The number of ether oxygens (including phenoxy) is 2. The Morgan fingerprint density at radius 2 is 1.93 bits per heavy atom. The summed E-state index contributed by atoms with van der Waals surface area (Å²) in [5.41, 5.74) is 0.576. The zero-order chi connectivity index (χ0) is 20.1. The van der Waals surface area contributed by atoms with Crippen molar-refractivity contribution in [2.45, 2.75) is 51.5 Å². The number of benzene rings is 1. The predicted octanol–water partition coefficient (Wildman–Crippen LogP) is 3.28. The Balaban J connectivity index is 1.85. The summed E-state index contributed by atoms with van der Waals surface area (Å²) < 4.78 is 11.1. The maximum Gasteiger partial charge on any atom is 0.331 e. The third-order valence-corrected chi connectivity index (χ3v) is 5.08. The van der Waals surface area contributed by atoms with Crippen LogP contribution in [0, 0.1) is 0 Å². The normalized spacial score (nSPS) is 19.3. The molecule has 1 N–H and O–H groups in total. The van der Waals surface area contributed by atoms with Crippen LogP contribution >= 0.6 is 0 Å². The van der Waals surface area contributed by atoms with Gasteiger partial charge in [0, 0.05) is 6.04 Å². The van der Waals surface area contributed by atoms with Gasteiger partial charge >= 0.3 is 6.03 Å². The van der Waals surface area contributed by atoms with Crippen LogP contribution in [0.1, 0.15) is 51.0 Å². The molecule has 1 aliphatic heterocycles. The molecule has 0 aromatic heterocycles. The van der Waals surface area contributed by atoms with Crippen molar-refractivity contribution in [2.75, 3.05) is 13.7 Å². The molecule has 0 radical (unpaired) electrons. The van der Waals surface area contributed by atoms with Gasteiger partial charge in [-0.05, 0) is 43.0 Å². The van der Waals surface area contributed by atoms with Crippen molar-refractivity contribution < 1.29 is 23.9 Å². The lowest BCUT2D eigenvalue weighted by Gasteiger charge is -2.31. The summed E-state index contributed by atoms with van der Waals surface area (Å²) >= 11 is 0. The third kappa shape index (κ3) is 4.18. The van der Waals surface area contributed by atoms with Gasteiger partial charge in [0.1, 0.15) is 5.57 Å². The zero-order valence-electron chi connectivity index (χ0n) is 16.3. The first-order valence-electron chi connectivity index (χ1n) is 9.76. The first kappa shape index (κ1) is 19.9. The van der Waals surface area contributed by atoms with Gasteiger partial charge in [0.15, 0.2) is 11.5 Å². The van der Waals surface area contributed by atoms with E-state index in [1.54, 1.807) is 18.2 Å². The number of carbonyl (C=O) groups is 3. The van der Waals surface area contributed by atoms with Crippen molar-refractivity contribution in [3.63, 3.8) is 0 Å². The van der Waals surface area contributed by atoms with Crippen LogP contribution < -0.4 is 14.8 Å². The molecule has 1 aromatic carbocycles. The molecule has 28 heavy (non-hydrogen) atoms. The molecule has 4 amide bonds. The van der Waals surface area contributed by atoms with E-state index >= 15 is 0 Å². The lowest BCUT2D eigenvalue weighted by Crippen LogP contribution is -2.57. The number of unbranched alkanes of at least 4 members (excludes halogenated alkanes) is 1. The number of methoxy groups -OCH3 is 1. The van der Waals surface area contributed by atoms with E-state index in [1.165, 1.54) is 18.1 Å². The van der Waals surface area contributed by atoms with E-state index in [1.807, 2.05) is 0 Å². The van der Waals surface area contributed by atoms with Gasteiger partial charge in [0.2, 0.25) is 0 Å². The molecule has 1 saturated carbocycles. The van der Waals surface area contributed by atoms with Crippen LogP contribution in [0.3, 0.4) is 0 Å². The monoisotopic (exact) mass is 386 g/mol. The SMILES string of the molecule is CCCCOc1ccc(/C=C2/C(=O)NC(=O)N(C3CCCC3)C2=O)cc1OC. The van der Waals surface area contributed by atoms with E-state index in [2.05, 4.69) is 12.2 Å². The van der Waals surface area contributed by atoms with Crippen LogP contribution in [0.15, 0.2) is 23.8 Å². The Morgan fingerprint density at radius 1 is 1.18 bits per heavy atom. The van der Waals surface area contributed by atoms with Crippen molar-refractivity contribution >= 4 is 23.9 Å². The van der Waals surface area contributed by atoms with Crippen LogP contribution in [0.25, 0.3) is 6.08 Å². The van der Waals surface area contributed by atoms with Gasteiger partial charge in [-0.15, -0.1) is 0 Å². The Hall–Kier alpha value is -2.83. The average Bonchev–Trinajstić information content (AvgIpc) is 3.20. The van der Waals surface area contributed by atoms with Crippen molar-refractivity contribution in [1.29, 1.82) is 0 Å². The molecule has 0 atom stereocenters. The molecule has 150 valence electrons. The summed E-state index contributed by atoms with van der Waals surface area (Å²) in [4.78, 5) is 38.5. The summed E-state index contributed by atoms with van der Waals surface area (Å²) in [5, 5.41) is 2.28. The first-order valence-corrected chi connectivity index (χ1v) is 9.76. The maximum absolute atomic E-state index is 12.9. The number of carbonyl (C=O) groups excluding carboxylic acids is 3. The summed E-state index contributed by atoms with van der Waals surface area (Å²) in [6.07, 6.45) is 6.96. The molecule has 0 bridgehead atoms. The fraction of sp³-hybridized carbons (Fsp3) is 0.476. The van der Waals surface area contributed by atoms with Crippen LogP contribution in [-0.2, 0) is 9.59 Å². The van der Waals surface area contributed by atoms with Gasteiger partial charge in [-0.1, -0.05) is 32.3 Å². The summed E-state index contributed by atoms with van der Waals surface area (Å²) in [5.74, 6) is -0.0764. The lowest BCUT2D eigenvalue weighted by molar-refractivity contribution is -0.131. The number of rotatable bonds is 7. The lowest BCUT2D eigenvalue weighted by atomic mass is 10.0. The molecule has 2 fully saturated rings. The predicted molar refractivity (Wildman–Crippen MR) is 104 cm³/mol. The molecule has 1 saturated heterocycles. The van der Waals surface area contributed by atoms with E-state index in [0.717, 1.165) is 38.5 Å². The summed E-state index contributed by atoms with van der Waals surface area (Å²) in [6.45, 7) is 2.67. The first-order chi connectivity index (χ1) is 13.5. The molecule has 1 heterocycles. The largest absolute Gasteiger partial charge is 0.493 e. The number of nitrogens with zero attached hydrogens (tertiary/aromatic N) is 1. The minimum atomic E-state index is -0.675. The van der Waals surface area contributed by atoms with Crippen LogP contribution in [-0.4, -0.2) is 42.5 Å². The van der Waals surface area contributed by atoms with E-state index in [9.17, 15) is 14.4 Å². The molecular formula is C21H26N2O5. The topological polar surface area (TPSA) is 84.9 Å². The highest BCUT2D eigenvalue weighted by Crippen LogP contribution is 2.31. The zero-order valence-corrected chi connectivity index (χ0v) is 16.3. The molecule has 1 aromatic rings. The number of nitrogens with one attached hydrogen (secondary N) is 1. The highest BCUT2D eigenvalue weighted by atomic mass is 16.5. The molecule has 3 rings (SSSR count). The van der Waals surface area contributed by atoms with Gasteiger partial charge in [-0.3, -0.25) is 19.8 Å². The number of hydrogen-bond acceptors (Lipinski definition) is 5. The van der Waals surface area contributed by atoms with Crippen LogP contribution in [0.4, 0.5) is 4.79 Å². The van der Waals surface area contributed by atoms with Crippen molar-refractivity contribution in [1.82, 2.24) is 10.2 Å². The van der Waals surface area contributed by atoms with Crippen molar-refractivity contribution in [3.05, 3.63) is 29.3 Å². The Bertz CT molecular complexity index is 796. The highest BCUT2D eigenvalue weighted by molar-refractivity contribution is 6.31. The number of urea groups is 1. The van der Waals surface area contributed by atoms with E-state index < -0.39 is 17.8 Å². The van der Waals surface area contributed by atoms with Crippen molar-refractivity contribution in [3.8, 4) is 11.5 Å². The molecule has 2 aliphatic rings. The second-order valence-electron chi connectivity index (χ2n) is 7.04. The standard InChI is InChI=1S/C21H26N2O5/c1-3-4-11-28-17-10-9-14(13-18(17)27-2)12-16-19(24)22-21(26)23(20(16)25)15-7-5-6-8-15/h9-10,12-13,15H,3-8,11H2,1-2H3,(H,22,24,26)/b16-12-. The number of imide groups is 2. The fourth-order valence-electron chi connectivity index (χ4n) is 3.55. The number of amides is 4. The Kier molecular flexibility index (Phi) is 6.34. The number of hydrogen-bond donors (Lipinski definition) is 1. The van der Waals surface area contributed by atoms with Crippen LogP contribution in [0.2, 0.25) is 0 Å². The van der Waals surface area contributed by atoms with Gasteiger partial charge in [-0.2, -0.15) is 0 Å². The molecule has 0 spiro atoms. The van der Waals surface area contributed by atoms with Crippen molar-refractivity contribution in [2.24, 2.45) is 0 Å². The Morgan fingerprint density at radius 3 is 2.61 bits per heavy atom. The van der Waals surface area contributed by atoms with E-state index in [0.29, 0.717) is 23.7 Å². The second-order valence-corrected chi connectivity index (χ2v) is 7.04. The van der Waals surface area contributed by atoms with Gasteiger partial charge in [-0.25, -0.2) is 4.79 Å².